The number of alkyl halides is 3. The summed E-state index contributed by atoms with van der Waals surface area (Å²) in [5, 5.41) is 9.93. The SMILES string of the molecule is CCC(C)[C@@H](O)[C@@H](N)c1ccc(OC(F)(F)F)c(F)c1. The standard InChI is InChI=1S/C13H17F4NO2/c1-3-7(2)12(19)11(18)8-4-5-10(9(14)6-8)20-13(15,16)17/h4-7,11-12,19H,3,18H2,1-2H3/t7?,11-,12+/m0/s1. The molecule has 1 aromatic carbocycles. The minimum atomic E-state index is -4.96. The molecule has 0 aromatic heterocycles. The van der Waals surface area contributed by atoms with Crippen LogP contribution in [0.2, 0.25) is 0 Å². The number of halogens is 4. The number of hydrogen-bond donors (Lipinski definition) is 2. The molecule has 0 aliphatic carbocycles. The third-order valence-electron chi connectivity index (χ3n) is 3.16. The molecule has 1 unspecified atom stereocenters. The lowest BCUT2D eigenvalue weighted by molar-refractivity contribution is -0.275. The first kappa shape index (κ1) is 16.7. The number of benzene rings is 1. The number of aliphatic hydroxyl groups excluding tert-OH is 1. The average molecular weight is 295 g/mol. The Labute approximate surface area is 114 Å². The molecule has 0 aliphatic heterocycles. The van der Waals surface area contributed by atoms with Gasteiger partial charge in [0.2, 0.25) is 0 Å². The number of ether oxygens (including phenoxy) is 1. The topological polar surface area (TPSA) is 55.5 Å². The van der Waals surface area contributed by atoms with E-state index in [-0.39, 0.29) is 11.5 Å². The van der Waals surface area contributed by atoms with Crippen LogP contribution in [0.5, 0.6) is 5.75 Å². The summed E-state index contributed by atoms with van der Waals surface area (Å²) in [5.41, 5.74) is 5.99. The smallest absolute Gasteiger partial charge is 0.403 e. The predicted octanol–water partition coefficient (Wildman–Crippen LogP) is 3.13. The Morgan fingerprint density at radius 2 is 1.95 bits per heavy atom. The van der Waals surface area contributed by atoms with E-state index in [1.54, 1.807) is 6.92 Å². The summed E-state index contributed by atoms with van der Waals surface area (Å²) in [7, 11) is 0. The van der Waals surface area contributed by atoms with E-state index in [0.717, 1.165) is 12.1 Å². The normalized spacial score (nSPS) is 16.6. The molecule has 0 heterocycles. The summed E-state index contributed by atoms with van der Waals surface area (Å²) in [6.45, 7) is 3.64. The lowest BCUT2D eigenvalue weighted by atomic mass is 9.91. The van der Waals surface area contributed by atoms with Gasteiger partial charge in [-0.2, -0.15) is 0 Å². The highest BCUT2D eigenvalue weighted by molar-refractivity contribution is 5.31. The molecule has 0 spiro atoms. The van der Waals surface area contributed by atoms with Crippen LogP contribution in [0.4, 0.5) is 17.6 Å². The van der Waals surface area contributed by atoms with Crippen LogP contribution in [0.25, 0.3) is 0 Å². The summed E-state index contributed by atoms with van der Waals surface area (Å²) in [5.74, 6) is -2.21. The first-order valence-electron chi connectivity index (χ1n) is 6.14. The molecule has 1 rings (SSSR count). The maximum absolute atomic E-state index is 13.5. The number of aliphatic hydroxyl groups is 1. The zero-order valence-corrected chi connectivity index (χ0v) is 11.1. The minimum Gasteiger partial charge on any atom is -0.403 e. The van der Waals surface area contributed by atoms with Crippen LogP contribution in [-0.4, -0.2) is 17.6 Å². The molecule has 0 fully saturated rings. The van der Waals surface area contributed by atoms with Gasteiger partial charge in [-0.3, -0.25) is 0 Å². The van der Waals surface area contributed by atoms with Gasteiger partial charge < -0.3 is 15.6 Å². The molecule has 114 valence electrons. The van der Waals surface area contributed by atoms with E-state index in [9.17, 15) is 22.7 Å². The first-order valence-corrected chi connectivity index (χ1v) is 6.14. The van der Waals surface area contributed by atoms with Crippen LogP contribution in [0.1, 0.15) is 31.9 Å². The van der Waals surface area contributed by atoms with Crippen molar-refractivity contribution in [1.29, 1.82) is 0 Å². The Kier molecular flexibility index (Phi) is 5.35. The molecular formula is C13H17F4NO2. The zero-order chi connectivity index (χ0) is 15.5. The maximum Gasteiger partial charge on any atom is 0.573 e. The summed E-state index contributed by atoms with van der Waals surface area (Å²) in [6, 6.07) is 2.03. The van der Waals surface area contributed by atoms with Crippen LogP contribution >= 0.6 is 0 Å². The summed E-state index contributed by atoms with van der Waals surface area (Å²) < 4.78 is 53.1. The Morgan fingerprint density at radius 1 is 1.35 bits per heavy atom. The molecule has 3 nitrogen and oxygen atoms in total. The Bertz CT molecular complexity index is 450. The van der Waals surface area contributed by atoms with Gasteiger partial charge in [-0.1, -0.05) is 26.3 Å². The van der Waals surface area contributed by atoms with Gasteiger partial charge in [-0.05, 0) is 23.6 Å². The van der Waals surface area contributed by atoms with E-state index in [0.29, 0.717) is 6.42 Å². The quantitative estimate of drug-likeness (QED) is 0.821. The van der Waals surface area contributed by atoms with E-state index < -0.39 is 30.1 Å². The largest absolute Gasteiger partial charge is 0.573 e. The van der Waals surface area contributed by atoms with Gasteiger partial charge in [0.1, 0.15) is 0 Å². The van der Waals surface area contributed by atoms with Crippen molar-refractivity contribution >= 4 is 0 Å². The number of nitrogens with two attached hydrogens (primary N) is 1. The van der Waals surface area contributed by atoms with E-state index >= 15 is 0 Å². The van der Waals surface area contributed by atoms with Crippen molar-refractivity contribution in [2.75, 3.05) is 0 Å². The summed E-state index contributed by atoms with van der Waals surface area (Å²) >= 11 is 0. The minimum absolute atomic E-state index is 0.112. The van der Waals surface area contributed by atoms with Crippen LogP contribution in [0.15, 0.2) is 18.2 Å². The van der Waals surface area contributed by atoms with Crippen LogP contribution < -0.4 is 10.5 Å². The van der Waals surface area contributed by atoms with Crippen molar-refractivity contribution < 1.29 is 27.4 Å². The second kappa shape index (κ2) is 6.41. The van der Waals surface area contributed by atoms with Gasteiger partial charge in [0.15, 0.2) is 11.6 Å². The molecule has 7 heteroatoms. The van der Waals surface area contributed by atoms with E-state index in [1.807, 2.05) is 6.92 Å². The van der Waals surface area contributed by atoms with E-state index in [4.69, 9.17) is 5.73 Å². The maximum atomic E-state index is 13.5. The highest BCUT2D eigenvalue weighted by Crippen LogP contribution is 2.29. The van der Waals surface area contributed by atoms with Gasteiger partial charge in [-0.25, -0.2) is 4.39 Å². The van der Waals surface area contributed by atoms with Crippen molar-refractivity contribution in [3.63, 3.8) is 0 Å². The van der Waals surface area contributed by atoms with Crippen LogP contribution in [0, 0.1) is 11.7 Å². The van der Waals surface area contributed by atoms with Crippen molar-refractivity contribution in [2.24, 2.45) is 11.7 Å². The third-order valence-corrected chi connectivity index (χ3v) is 3.16. The summed E-state index contributed by atoms with van der Waals surface area (Å²) in [6.07, 6.45) is -5.19. The van der Waals surface area contributed by atoms with E-state index in [2.05, 4.69) is 4.74 Å². The predicted molar refractivity (Wildman–Crippen MR) is 65.5 cm³/mol. The van der Waals surface area contributed by atoms with Gasteiger partial charge in [-0.15, -0.1) is 13.2 Å². The van der Waals surface area contributed by atoms with Crippen molar-refractivity contribution in [3.8, 4) is 5.75 Å². The van der Waals surface area contributed by atoms with Crippen molar-refractivity contribution in [1.82, 2.24) is 0 Å². The van der Waals surface area contributed by atoms with Crippen LogP contribution in [0.3, 0.4) is 0 Å². The highest BCUT2D eigenvalue weighted by Gasteiger charge is 2.32. The van der Waals surface area contributed by atoms with Gasteiger partial charge >= 0.3 is 6.36 Å². The molecular weight excluding hydrogens is 278 g/mol. The fraction of sp³-hybridized carbons (Fsp3) is 0.538. The monoisotopic (exact) mass is 295 g/mol. The third kappa shape index (κ3) is 4.35. The van der Waals surface area contributed by atoms with Crippen molar-refractivity contribution in [2.45, 2.75) is 38.8 Å². The zero-order valence-electron chi connectivity index (χ0n) is 11.1. The Balaban J connectivity index is 2.92. The second-order valence-corrected chi connectivity index (χ2v) is 4.64. The second-order valence-electron chi connectivity index (χ2n) is 4.64. The molecule has 0 amide bonds. The molecule has 0 saturated carbocycles. The van der Waals surface area contributed by atoms with Gasteiger partial charge in [0.25, 0.3) is 0 Å². The molecule has 0 aliphatic rings. The number of hydrogen-bond acceptors (Lipinski definition) is 3. The lowest BCUT2D eigenvalue weighted by Gasteiger charge is -2.24. The molecule has 0 saturated heterocycles. The summed E-state index contributed by atoms with van der Waals surface area (Å²) in [4.78, 5) is 0. The molecule has 1 aromatic rings. The van der Waals surface area contributed by atoms with Crippen LogP contribution in [-0.2, 0) is 0 Å². The fourth-order valence-corrected chi connectivity index (χ4v) is 1.72. The fourth-order valence-electron chi connectivity index (χ4n) is 1.72. The van der Waals surface area contributed by atoms with Gasteiger partial charge in [0, 0.05) is 0 Å². The molecule has 20 heavy (non-hydrogen) atoms. The molecule has 0 bridgehead atoms. The Morgan fingerprint density at radius 3 is 2.40 bits per heavy atom. The molecule has 3 N–H and O–H groups in total. The highest BCUT2D eigenvalue weighted by atomic mass is 19.4. The Hall–Kier alpha value is -1.34. The first-order chi connectivity index (χ1) is 9.15. The lowest BCUT2D eigenvalue weighted by Crippen LogP contribution is -2.31. The average Bonchev–Trinajstić information content (AvgIpc) is 2.37. The van der Waals surface area contributed by atoms with Gasteiger partial charge in [0.05, 0.1) is 12.1 Å². The molecule has 3 atom stereocenters. The van der Waals surface area contributed by atoms with Crippen molar-refractivity contribution in [3.05, 3.63) is 29.6 Å². The van der Waals surface area contributed by atoms with E-state index in [1.165, 1.54) is 6.07 Å². The molecule has 0 radical (unpaired) electrons. The number of rotatable bonds is 5.